The van der Waals surface area contributed by atoms with Crippen molar-refractivity contribution in [2.75, 3.05) is 12.8 Å². The molecule has 0 aromatic heterocycles. The summed E-state index contributed by atoms with van der Waals surface area (Å²) < 4.78 is 4.57. The van der Waals surface area contributed by atoms with Crippen LogP contribution in [0.1, 0.15) is 27.6 Å². The van der Waals surface area contributed by atoms with Gasteiger partial charge >= 0.3 is 5.97 Å². The van der Waals surface area contributed by atoms with E-state index in [2.05, 4.69) is 4.74 Å². The Labute approximate surface area is 93.4 Å². The summed E-state index contributed by atoms with van der Waals surface area (Å²) in [6, 6.07) is 3.73. The molecule has 5 heteroatoms. The number of esters is 1. The molecule has 0 aliphatic heterocycles. The highest BCUT2D eigenvalue weighted by atomic mass is 16.5. The van der Waals surface area contributed by atoms with Crippen LogP contribution >= 0.6 is 0 Å². The maximum absolute atomic E-state index is 11.7. The predicted octanol–water partition coefficient (Wildman–Crippen LogP) is 0.585. The van der Waals surface area contributed by atoms with Gasteiger partial charge in [-0.05, 0) is 25.1 Å². The molecule has 1 rings (SSSR count). The standard InChI is InChI=1S/C11H14N2O3/c1-6(12)10(14)9-5-7(13)3-4-8(9)11(15)16-2/h3-6H,12-13H2,1-2H3/t6-/m0/s1. The number of ether oxygens (including phenoxy) is 1. The molecule has 0 fully saturated rings. The molecular formula is C11H14N2O3. The number of methoxy groups -OCH3 is 1. The van der Waals surface area contributed by atoms with Crippen molar-refractivity contribution < 1.29 is 14.3 Å². The minimum Gasteiger partial charge on any atom is -0.465 e. The Morgan fingerprint density at radius 2 is 1.94 bits per heavy atom. The van der Waals surface area contributed by atoms with E-state index < -0.39 is 12.0 Å². The molecule has 86 valence electrons. The summed E-state index contributed by atoms with van der Waals surface area (Å²) in [5.41, 5.74) is 11.8. The highest BCUT2D eigenvalue weighted by molar-refractivity contribution is 6.08. The number of carbonyl (C=O) groups is 2. The van der Waals surface area contributed by atoms with Crippen LogP contribution in [0, 0.1) is 0 Å². The van der Waals surface area contributed by atoms with E-state index in [9.17, 15) is 9.59 Å². The average Bonchev–Trinajstić information content (AvgIpc) is 2.26. The molecule has 0 radical (unpaired) electrons. The Bertz CT molecular complexity index is 427. The Hall–Kier alpha value is -1.88. The SMILES string of the molecule is COC(=O)c1ccc(N)cc1C(=O)[C@H](C)N. The minimum absolute atomic E-state index is 0.180. The molecular weight excluding hydrogens is 208 g/mol. The van der Waals surface area contributed by atoms with Crippen molar-refractivity contribution in [3.63, 3.8) is 0 Å². The van der Waals surface area contributed by atoms with Gasteiger partial charge in [0.2, 0.25) is 0 Å². The number of ketones is 1. The highest BCUT2D eigenvalue weighted by Gasteiger charge is 2.20. The Morgan fingerprint density at radius 3 is 2.44 bits per heavy atom. The number of hydrogen-bond donors (Lipinski definition) is 2. The fourth-order valence-electron chi connectivity index (χ4n) is 1.30. The van der Waals surface area contributed by atoms with Crippen LogP contribution in [0.25, 0.3) is 0 Å². The molecule has 0 aliphatic carbocycles. The van der Waals surface area contributed by atoms with Gasteiger partial charge in [0, 0.05) is 11.3 Å². The first-order valence-corrected chi connectivity index (χ1v) is 4.75. The maximum atomic E-state index is 11.7. The monoisotopic (exact) mass is 222 g/mol. The van der Waals surface area contributed by atoms with Gasteiger partial charge in [0.1, 0.15) is 0 Å². The molecule has 1 aromatic rings. The van der Waals surface area contributed by atoms with Crippen LogP contribution in [0.4, 0.5) is 5.69 Å². The maximum Gasteiger partial charge on any atom is 0.338 e. The van der Waals surface area contributed by atoms with Gasteiger partial charge in [0.15, 0.2) is 5.78 Å². The van der Waals surface area contributed by atoms with Crippen LogP contribution in [-0.2, 0) is 4.74 Å². The molecule has 0 amide bonds. The number of anilines is 1. The second-order valence-electron chi connectivity index (χ2n) is 3.45. The van der Waals surface area contributed by atoms with Gasteiger partial charge in [-0.3, -0.25) is 4.79 Å². The molecule has 16 heavy (non-hydrogen) atoms. The zero-order valence-electron chi connectivity index (χ0n) is 9.19. The fourth-order valence-corrected chi connectivity index (χ4v) is 1.30. The molecule has 0 heterocycles. The number of benzene rings is 1. The number of nitrogen functional groups attached to an aromatic ring is 1. The second-order valence-corrected chi connectivity index (χ2v) is 3.45. The third kappa shape index (κ3) is 2.38. The van der Waals surface area contributed by atoms with Crippen LogP contribution in [0.3, 0.4) is 0 Å². The fraction of sp³-hybridized carbons (Fsp3) is 0.273. The van der Waals surface area contributed by atoms with E-state index in [1.165, 1.54) is 25.3 Å². The van der Waals surface area contributed by atoms with E-state index in [0.29, 0.717) is 5.69 Å². The first kappa shape index (κ1) is 12.2. The number of rotatable bonds is 3. The van der Waals surface area contributed by atoms with Gasteiger partial charge in [0.05, 0.1) is 18.7 Å². The molecule has 1 atom stereocenters. The highest BCUT2D eigenvalue weighted by Crippen LogP contribution is 2.16. The van der Waals surface area contributed by atoms with Gasteiger partial charge in [-0.2, -0.15) is 0 Å². The first-order valence-electron chi connectivity index (χ1n) is 4.75. The summed E-state index contributed by atoms with van der Waals surface area (Å²) >= 11 is 0. The summed E-state index contributed by atoms with van der Waals surface area (Å²) in [6.45, 7) is 1.55. The lowest BCUT2D eigenvalue weighted by Crippen LogP contribution is -2.28. The second kappa shape index (κ2) is 4.76. The van der Waals surface area contributed by atoms with Crippen LogP contribution in [0.5, 0.6) is 0 Å². The van der Waals surface area contributed by atoms with Gasteiger partial charge in [-0.15, -0.1) is 0 Å². The quantitative estimate of drug-likeness (QED) is 0.443. The molecule has 0 bridgehead atoms. The minimum atomic E-state index is -0.690. The summed E-state index contributed by atoms with van der Waals surface area (Å²) in [5, 5.41) is 0. The first-order chi connectivity index (χ1) is 7.47. The van der Waals surface area contributed by atoms with E-state index in [1.807, 2.05) is 0 Å². The lowest BCUT2D eigenvalue weighted by molar-refractivity contribution is 0.0597. The van der Waals surface area contributed by atoms with E-state index in [0.717, 1.165) is 0 Å². The van der Waals surface area contributed by atoms with Crippen molar-refractivity contribution in [3.05, 3.63) is 29.3 Å². The van der Waals surface area contributed by atoms with Crippen LogP contribution in [0.15, 0.2) is 18.2 Å². The van der Waals surface area contributed by atoms with Crippen molar-refractivity contribution in [3.8, 4) is 0 Å². The van der Waals surface area contributed by atoms with Gasteiger partial charge in [0.25, 0.3) is 0 Å². The summed E-state index contributed by atoms with van der Waals surface area (Å²) in [6.07, 6.45) is 0. The van der Waals surface area contributed by atoms with E-state index in [1.54, 1.807) is 6.92 Å². The van der Waals surface area contributed by atoms with Gasteiger partial charge in [-0.1, -0.05) is 0 Å². The van der Waals surface area contributed by atoms with Crippen molar-refractivity contribution in [1.82, 2.24) is 0 Å². The summed E-state index contributed by atoms with van der Waals surface area (Å²) in [5.74, 6) is -0.920. The largest absolute Gasteiger partial charge is 0.465 e. The molecule has 5 nitrogen and oxygen atoms in total. The third-order valence-corrected chi connectivity index (χ3v) is 2.13. The number of hydrogen-bond acceptors (Lipinski definition) is 5. The molecule has 0 saturated heterocycles. The zero-order valence-corrected chi connectivity index (χ0v) is 9.19. The average molecular weight is 222 g/mol. The smallest absolute Gasteiger partial charge is 0.338 e. The lowest BCUT2D eigenvalue weighted by atomic mass is 9.99. The molecule has 0 unspecified atom stereocenters. The Balaban J connectivity index is 3.29. The molecule has 1 aromatic carbocycles. The molecule has 0 spiro atoms. The lowest BCUT2D eigenvalue weighted by Gasteiger charge is -2.09. The Kier molecular flexibility index (Phi) is 3.63. The van der Waals surface area contributed by atoms with Crippen LogP contribution < -0.4 is 11.5 Å². The van der Waals surface area contributed by atoms with Crippen LogP contribution in [-0.4, -0.2) is 24.9 Å². The van der Waals surface area contributed by atoms with Gasteiger partial charge < -0.3 is 16.2 Å². The van der Waals surface area contributed by atoms with Crippen molar-refractivity contribution >= 4 is 17.4 Å². The summed E-state index contributed by atoms with van der Waals surface area (Å²) in [7, 11) is 1.25. The number of nitrogens with two attached hydrogens (primary N) is 2. The van der Waals surface area contributed by atoms with Gasteiger partial charge in [-0.25, -0.2) is 4.79 Å². The number of carbonyl (C=O) groups excluding carboxylic acids is 2. The van der Waals surface area contributed by atoms with E-state index in [-0.39, 0.29) is 16.9 Å². The van der Waals surface area contributed by atoms with E-state index in [4.69, 9.17) is 11.5 Å². The zero-order chi connectivity index (χ0) is 12.3. The number of Topliss-reactive ketones (excluding diaryl/α,β-unsaturated/α-hetero) is 1. The van der Waals surface area contributed by atoms with Crippen molar-refractivity contribution in [2.45, 2.75) is 13.0 Å². The molecule has 4 N–H and O–H groups in total. The summed E-state index contributed by atoms with van der Waals surface area (Å²) in [4.78, 5) is 23.2. The van der Waals surface area contributed by atoms with E-state index >= 15 is 0 Å². The van der Waals surface area contributed by atoms with Crippen LogP contribution in [0.2, 0.25) is 0 Å². The van der Waals surface area contributed by atoms with Crippen molar-refractivity contribution in [2.24, 2.45) is 5.73 Å². The Morgan fingerprint density at radius 1 is 1.31 bits per heavy atom. The molecule has 0 aliphatic rings. The third-order valence-electron chi connectivity index (χ3n) is 2.13. The van der Waals surface area contributed by atoms with Crippen molar-refractivity contribution in [1.29, 1.82) is 0 Å². The normalized spacial score (nSPS) is 11.9. The topological polar surface area (TPSA) is 95.4 Å². The predicted molar refractivity (Wildman–Crippen MR) is 60.2 cm³/mol. The molecule has 0 saturated carbocycles.